The average molecular weight is 379 g/mol. The fourth-order valence-corrected chi connectivity index (χ4v) is 3.60. The molecule has 1 atom stereocenters. The molecule has 0 radical (unpaired) electrons. The van der Waals surface area contributed by atoms with Crippen LogP contribution in [0.5, 0.6) is 0 Å². The van der Waals surface area contributed by atoms with Crippen LogP contribution < -0.4 is 10.9 Å². The van der Waals surface area contributed by atoms with E-state index < -0.39 is 0 Å². The van der Waals surface area contributed by atoms with Gasteiger partial charge in [-0.1, -0.05) is 60.3 Å². The highest BCUT2D eigenvalue weighted by molar-refractivity contribution is 8.00. The molecule has 0 saturated carbocycles. The molecular formula is C21H21N3O2S. The number of fused-ring (bicyclic) bond motifs is 1. The highest BCUT2D eigenvalue weighted by Crippen LogP contribution is 2.23. The maximum Gasteiger partial charge on any atom is 0.262 e. The first-order valence-corrected chi connectivity index (χ1v) is 9.57. The van der Waals surface area contributed by atoms with Crippen molar-refractivity contribution < 1.29 is 4.79 Å². The fourth-order valence-electron chi connectivity index (χ4n) is 2.67. The number of para-hydroxylation sites is 1. The van der Waals surface area contributed by atoms with Crippen LogP contribution in [0.25, 0.3) is 10.9 Å². The van der Waals surface area contributed by atoms with Gasteiger partial charge >= 0.3 is 0 Å². The van der Waals surface area contributed by atoms with Gasteiger partial charge in [-0.2, -0.15) is 0 Å². The Hall–Kier alpha value is -2.86. The topological polar surface area (TPSA) is 64.0 Å². The van der Waals surface area contributed by atoms with E-state index in [0.717, 1.165) is 5.56 Å². The van der Waals surface area contributed by atoms with E-state index in [-0.39, 0.29) is 16.7 Å². The summed E-state index contributed by atoms with van der Waals surface area (Å²) in [6.45, 7) is 6.22. The van der Waals surface area contributed by atoms with E-state index >= 15 is 0 Å². The van der Waals surface area contributed by atoms with Gasteiger partial charge in [0.25, 0.3) is 5.56 Å². The van der Waals surface area contributed by atoms with Crippen LogP contribution in [0.15, 0.2) is 77.2 Å². The Morgan fingerprint density at radius 3 is 2.67 bits per heavy atom. The van der Waals surface area contributed by atoms with Crippen molar-refractivity contribution in [3.8, 4) is 0 Å². The van der Waals surface area contributed by atoms with Gasteiger partial charge in [-0.15, -0.1) is 6.58 Å². The smallest absolute Gasteiger partial charge is 0.262 e. The van der Waals surface area contributed by atoms with Crippen molar-refractivity contribution in [2.75, 3.05) is 6.54 Å². The first-order valence-electron chi connectivity index (χ1n) is 8.69. The Bertz CT molecular complexity index is 1010. The van der Waals surface area contributed by atoms with Crippen LogP contribution >= 0.6 is 11.8 Å². The number of amides is 1. The van der Waals surface area contributed by atoms with Crippen molar-refractivity contribution in [1.29, 1.82) is 0 Å². The van der Waals surface area contributed by atoms with Crippen LogP contribution in [0.2, 0.25) is 0 Å². The van der Waals surface area contributed by atoms with Crippen LogP contribution in [0.3, 0.4) is 0 Å². The number of thioether (sulfide) groups is 1. The monoisotopic (exact) mass is 379 g/mol. The molecule has 3 aromatic rings. The zero-order chi connectivity index (χ0) is 19.2. The van der Waals surface area contributed by atoms with E-state index in [1.54, 1.807) is 23.6 Å². The Morgan fingerprint density at radius 1 is 1.22 bits per heavy atom. The molecule has 0 fully saturated rings. The van der Waals surface area contributed by atoms with Gasteiger partial charge in [-0.05, 0) is 24.6 Å². The summed E-state index contributed by atoms with van der Waals surface area (Å²) in [6.07, 6.45) is 1.63. The summed E-state index contributed by atoms with van der Waals surface area (Å²) in [7, 11) is 0. The van der Waals surface area contributed by atoms with E-state index in [1.807, 2.05) is 48.5 Å². The maximum atomic E-state index is 13.1. The number of nitrogens with one attached hydrogen (secondary N) is 1. The molecule has 0 unspecified atom stereocenters. The fraction of sp³-hybridized carbons (Fsp3) is 0.190. The van der Waals surface area contributed by atoms with Gasteiger partial charge in [0.2, 0.25) is 5.91 Å². The number of aromatic nitrogens is 2. The van der Waals surface area contributed by atoms with Crippen molar-refractivity contribution >= 4 is 28.6 Å². The number of hydrogen-bond donors (Lipinski definition) is 1. The molecule has 27 heavy (non-hydrogen) atoms. The highest BCUT2D eigenvalue weighted by Gasteiger charge is 2.19. The third kappa shape index (κ3) is 4.46. The SMILES string of the molecule is C=CCNC(=O)[C@@H](C)Sc1nc2ccccc2c(=O)n1Cc1ccccc1. The Labute approximate surface area is 162 Å². The predicted octanol–water partition coefficient (Wildman–Crippen LogP) is 3.23. The second kappa shape index (κ2) is 8.68. The third-order valence-corrected chi connectivity index (χ3v) is 5.17. The van der Waals surface area contributed by atoms with E-state index in [2.05, 4.69) is 16.9 Å². The summed E-state index contributed by atoms with van der Waals surface area (Å²) in [5, 5.41) is 3.49. The standard InChI is InChI=1S/C21H21N3O2S/c1-3-13-22-19(25)15(2)27-21-23-18-12-8-7-11-17(18)20(26)24(21)14-16-9-5-4-6-10-16/h3-12,15H,1,13-14H2,2H3,(H,22,25)/t15-/m1/s1. The minimum Gasteiger partial charge on any atom is -0.352 e. The number of carbonyl (C=O) groups excluding carboxylic acids is 1. The van der Waals surface area contributed by atoms with Gasteiger partial charge in [0.1, 0.15) is 0 Å². The maximum absolute atomic E-state index is 13.1. The van der Waals surface area contributed by atoms with E-state index in [1.165, 1.54) is 11.8 Å². The van der Waals surface area contributed by atoms with E-state index in [4.69, 9.17) is 0 Å². The average Bonchev–Trinajstić information content (AvgIpc) is 2.69. The molecule has 2 aromatic carbocycles. The molecule has 1 heterocycles. The molecule has 6 heteroatoms. The largest absolute Gasteiger partial charge is 0.352 e. The molecule has 0 aliphatic rings. The van der Waals surface area contributed by atoms with Crippen molar-refractivity contribution in [2.24, 2.45) is 0 Å². The van der Waals surface area contributed by atoms with Gasteiger partial charge < -0.3 is 5.32 Å². The molecule has 0 saturated heterocycles. The van der Waals surface area contributed by atoms with Crippen molar-refractivity contribution in [3.63, 3.8) is 0 Å². The number of benzene rings is 2. The van der Waals surface area contributed by atoms with Crippen LogP contribution in [0, 0.1) is 0 Å². The summed E-state index contributed by atoms with van der Waals surface area (Å²) < 4.78 is 1.64. The minimum absolute atomic E-state index is 0.106. The molecule has 1 aromatic heterocycles. The minimum atomic E-state index is -0.389. The molecule has 1 N–H and O–H groups in total. The number of hydrogen-bond acceptors (Lipinski definition) is 4. The summed E-state index contributed by atoms with van der Waals surface area (Å²) in [5.41, 5.74) is 1.53. The Morgan fingerprint density at radius 2 is 1.93 bits per heavy atom. The predicted molar refractivity (Wildman–Crippen MR) is 110 cm³/mol. The van der Waals surface area contributed by atoms with Crippen molar-refractivity contribution in [2.45, 2.75) is 23.9 Å². The number of nitrogens with zero attached hydrogens (tertiary/aromatic N) is 2. The molecule has 0 spiro atoms. The lowest BCUT2D eigenvalue weighted by Crippen LogP contribution is -2.32. The second-order valence-electron chi connectivity index (χ2n) is 6.08. The third-order valence-electron chi connectivity index (χ3n) is 4.08. The lowest BCUT2D eigenvalue weighted by atomic mass is 10.2. The highest BCUT2D eigenvalue weighted by atomic mass is 32.2. The molecule has 0 aliphatic carbocycles. The Balaban J connectivity index is 2.01. The molecule has 138 valence electrons. The van der Waals surface area contributed by atoms with Crippen LogP contribution in [0.4, 0.5) is 0 Å². The number of carbonyl (C=O) groups is 1. The van der Waals surface area contributed by atoms with Gasteiger partial charge in [0.05, 0.1) is 22.7 Å². The van der Waals surface area contributed by atoms with Gasteiger partial charge in [-0.25, -0.2) is 4.98 Å². The second-order valence-corrected chi connectivity index (χ2v) is 7.39. The molecule has 0 aliphatic heterocycles. The summed E-state index contributed by atoms with van der Waals surface area (Å²) >= 11 is 1.28. The first kappa shape index (κ1) is 18.9. The van der Waals surface area contributed by atoms with E-state index in [0.29, 0.717) is 29.1 Å². The van der Waals surface area contributed by atoms with Crippen LogP contribution in [0.1, 0.15) is 12.5 Å². The van der Waals surface area contributed by atoms with Crippen LogP contribution in [-0.4, -0.2) is 27.3 Å². The van der Waals surface area contributed by atoms with Gasteiger partial charge in [0, 0.05) is 6.54 Å². The zero-order valence-electron chi connectivity index (χ0n) is 15.1. The van der Waals surface area contributed by atoms with Gasteiger partial charge in [0.15, 0.2) is 5.16 Å². The number of rotatable bonds is 7. The normalized spacial score (nSPS) is 11.9. The van der Waals surface area contributed by atoms with Crippen molar-refractivity contribution in [3.05, 3.63) is 83.2 Å². The van der Waals surface area contributed by atoms with Crippen molar-refractivity contribution in [1.82, 2.24) is 14.9 Å². The summed E-state index contributed by atoms with van der Waals surface area (Å²) in [5.74, 6) is -0.117. The quantitative estimate of drug-likeness (QED) is 0.389. The Kier molecular flexibility index (Phi) is 6.08. The lowest BCUT2D eigenvalue weighted by molar-refractivity contribution is -0.120. The first-order chi connectivity index (χ1) is 13.1. The van der Waals surface area contributed by atoms with E-state index in [9.17, 15) is 9.59 Å². The summed E-state index contributed by atoms with van der Waals surface area (Å²) in [6, 6.07) is 17.0. The molecule has 0 bridgehead atoms. The molecule has 1 amide bonds. The molecular weight excluding hydrogens is 358 g/mol. The summed E-state index contributed by atoms with van der Waals surface area (Å²) in [4.78, 5) is 30.0. The molecule has 3 rings (SSSR count). The molecule has 5 nitrogen and oxygen atoms in total. The lowest BCUT2D eigenvalue weighted by Gasteiger charge is -2.16. The van der Waals surface area contributed by atoms with Crippen LogP contribution in [-0.2, 0) is 11.3 Å². The zero-order valence-corrected chi connectivity index (χ0v) is 15.9. The van der Waals surface area contributed by atoms with Gasteiger partial charge in [-0.3, -0.25) is 14.2 Å².